The van der Waals surface area contributed by atoms with Crippen molar-refractivity contribution < 1.29 is 12.8 Å². The van der Waals surface area contributed by atoms with E-state index in [1.54, 1.807) is 12.1 Å². The Morgan fingerprint density at radius 3 is 2.50 bits per heavy atom. The lowest BCUT2D eigenvalue weighted by Crippen LogP contribution is -2.32. The average Bonchev–Trinajstić information content (AvgIpc) is 3.14. The van der Waals surface area contributed by atoms with E-state index in [2.05, 4.69) is 10.3 Å². The number of sulfonamides is 1. The summed E-state index contributed by atoms with van der Waals surface area (Å²) in [5, 5.41) is 3.58. The zero-order valence-corrected chi connectivity index (χ0v) is 20.5. The minimum Gasteiger partial charge on any atom is -0.443 e. The van der Waals surface area contributed by atoms with E-state index in [4.69, 9.17) is 16.0 Å². The van der Waals surface area contributed by atoms with E-state index in [9.17, 15) is 8.42 Å². The molecule has 0 spiro atoms. The highest BCUT2D eigenvalue weighted by Crippen LogP contribution is 2.30. The molecule has 0 aliphatic carbocycles. The second kappa shape index (κ2) is 10.5. The van der Waals surface area contributed by atoms with Gasteiger partial charge in [0, 0.05) is 24.0 Å². The summed E-state index contributed by atoms with van der Waals surface area (Å²) in [6.45, 7) is 8.90. The number of aryl methyl sites for hydroxylation is 1. The summed E-state index contributed by atoms with van der Waals surface area (Å²) in [5.41, 5.74) is 2.20. The highest BCUT2D eigenvalue weighted by Gasteiger charge is 2.27. The van der Waals surface area contributed by atoms with E-state index in [-0.39, 0.29) is 10.8 Å². The van der Waals surface area contributed by atoms with Gasteiger partial charge in [-0.2, -0.15) is 4.31 Å². The lowest BCUT2D eigenvalue weighted by Gasteiger charge is -2.23. The average molecular weight is 476 g/mol. The van der Waals surface area contributed by atoms with Gasteiger partial charge in [-0.15, -0.1) is 0 Å². The van der Waals surface area contributed by atoms with Crippen LogP contribution in [0.3, 0.4) is 0 Å². The number of halogens is 1. The Kier molecular flexibility index (Phi) is 7.98. The number of nitrogens with one attached hydrogen (secondary N) is 1. The Bertz CT molecular complexity index is 1140. The van der Waals surface area contributed by atoms with E-state index in [1.807, 2.05) is 58.0 Å². The van der Waals surface area contributed by atoms with Gasteiger partial charge in [0.05, 0.1) is 17.9 Å². The van der Waals surface area contributed by atoms with Crippen molar-refractivity contribution in [2.45, 2.75) is 58.0 Å². The quantitative estimate of drug-likeness (QED) is 0.390. The summed E-state index contributed by atoms with van der Waals surface area (Å²) in [6.07, 6.45) is 0.699. The highest BCUT2D eigenvalue weighted by atomic mass is 35.5. The molecule has 0 atom stereocenters. The van der Waals surface area contributed by atoms with Gasteiger partial charge in [-0.3, -0.25) is 0 Å². The van der Waals surface area contributed by atoms with Gasteiger partial charge in [0.15, 0.2) is 5.89 Å². The molecular formula is C24H30ClN3O3S. The fraction of sp³-hybridized carbons (Fsp3) is 0.375. The Hall–Kier alpha value is -2.35. The van der Waals surface area contributed by atoms with Crippen LogP contribution in [0.25, 0.3) is 0 Å². The molecule has 2 aromatic carbocycles. The predicted octanol–water partition coefficient (Wildman–Crippen LogP) is 5.97. The molecule has 6 nitrogen and oxygen atoms in total. The number of anilines is 1. The molecule has 8 heteroatoms. The SMILES string of the molecule is CCCN(Cc1ccccc1)S(=O)(=O)c1cc(Cl)ccc1NCc1oc(C(C)C)nc1C. The Balaban J connectivity index is 1.91. The number of aromatic nitrogens is 1. The third-order valence-corrected chi connectivity index (χ3v) is 7.20. The van der Waals surface area contributed by atoms with Gasteiger partial charge in [0.2, 0.25) is 10.0 Å². The maximum absolute atomic E-state index is 13.7. The van der Waals surface area contributed by atoms with Gasteiger partial charge >= 0.3 is 0 Å². The molecule has 0 bridgehead atoms. The summed E-state index contributed by atoms with van der Waals surface area (Å²) in [4.78, 5) is 4.60. The largest absolute Gasteiger partial charge is 0.443 e. The van der Waals surface area contributed by atoms with Gasteiger partial charge in [0.1, 0.15) is 10.7 Å². The molecule has 0 aliphatic rings. The second-order valence-electron chi connectivity index (χ2n) is 8.03. The van der Waals surface area contributed by atoms with E-state index < -0.39 is 10.0 Å². The molecule has 1 aromatic heterocycles. The van der Waals surface area contributed by atoms with Crippen LogP contribution < -0.4 is 5.32 Å². The van der Waals surface area contributed by atoms with Crippen LogP contribution in [0.4, 0.5) is 5.69 Å². The molecule has 0 saturated carbocycles. The first kappa shape index (κ1) is 24.3. The molecule has 172 valence electrons. The Morgan fingerprint density at radius 1 is 1.16 bits per heavy atom. The molecule has 3 aromatic rings. The van der Waals surface area contributed by atoms with Crippen LogP contribution in [-0.4, -0.2) is 24.3 Å². The first-order valence-electron chi connectivity index (χ1n) is 10.8. The Morgan fingerprint density at radius 2 is 1.88 bits per heavy atom. The highest BCUT2D eigenvalue weighted by molar-refractivity contribution is 7.89. The molecule has 32 heavy (non-hydrogen) atoms. The van der Waals surface area contributed by atoms with Gasteiger partial charge in [0.25, 0.3) is 0 Å². The maximum atomic E-state index is 13.7. The summed E-state index contributed by atoms with van der Waals surface area (Å²) < 4.78 is 34.7. The molecule has 1 heterocycles. The fourth-order valence-corrected chi connectivity index (χ4v) is 5.30. The monoisotopic (exact) mass is 475 g/mol. The zero-order valence-electron chi connectivity index (χ0n) is 18.9. The van der Waals surface area contributed by atoms with Crippen LogP contribution in [-0.2, 0) is 23.1 Å². The topological polar surface area (TPSA) is 75.4 Å². The third-order valence-electron chi connectivity index (χ3n) is 5.08. The lowest BCUT2D eigenvalue weighted by molar-refractivity contribution is 0.406. The summed E-state index contributed by atoms with van der Waals surface area (Å²) in [6, 6.07) is 14.4. The van der Waals surface area contributed by atoms with Crippen LogP contribution in [0, 0.1) is 6.92 Å². The van der Waals surface area contributed by atoms with Gasteiger partial charge < -0.3 is 9.73 Å². The number of hydrogen-bond donors (Lipinski definition) is 1. The molecule has 0 aliphatic heterocycles. The lowest BCUT2D eigenvalue weighted by atomic mass is 10.2. The van der Waals surface area contributed by atoms with Crippen molar-refractivity contribution in [1.29, 1.82) is 0 Å². The predicted molar refractivity (Wildman–Crippen MR) is 128 cm³/mol. The van der Waals surface area contributed by atoms with Crippen molar-refractivity contribution in [3.05, 3.63) is 76.5 Å². The Labute approximate surface area is 195 Å². The normalized spacial score (nSPS) is 12.0. The molecule has 0 amide bonds. The number of hydrogen-bond acceptors (Lipinski definition) is 5. The first-order chi connectivity index (χ1) is 15.2. The maximum Gasteiger partial charge on any atom is 0.245 e. The zero-order chi connectivity index (χ0) is 23.3. The van der Waals surface area contributed by atoms with Crippen LogP contribution in [0.5, 0.6) is 0 Å². The van der Waals surface area contributed by atoms with E-state index >= 15 is 0 Å². The van der Waals surface area contributed by atoms with Crippen molar-refractivity contribution in [2.24, 2.45) is 0 Å². The van der Waals surface area contributed by atoms with Crippen LogP contribution in [0.1, 0.15) is 56.0 Å². The second-order valence-corrected chi connectivity index (χ2v) is 10.4. The third kappa shape index (κ3) is 5.71. The molecule has 0 radical (unpaired) electrons. The molecule has 0 unspecified atom stereocenters. The smallest absolute Gasteiger partial charge is 0.245 e. The minimum atomic E-state index is -3.80. The molecular weight excluding hydrogens is 446 g/mol. The van der Waals surface area contributed by atoms with Gasteiger partial charge in [-0.1, -0.05) is 62.7 Å². The first-order valence-corrected chi connectivity index (χ1v) is 12.6. The number of nitrogens with zero attached hydrogens (tertiary/aromatic N) is 2. The van der Waals surface area contributed by atoms with E-state index in [1.165, 1.54) is 10.4 Å². The van der Waals surface area contributed by atoms with Crippen molar-refractivity contribution in [2.75, 3.05) is 11.9 Å². The van der Waals surface area contributed by atoms with Gasteiger partial charge in [-0.25, -0.2) is 13.4 Å². The van der Waals surface area contributed by atoms with Crippen molar-refractivity contribution in [1.82, 2.24) is 9.29 Å². The van der Waals surface area contributed by atoms with Crippen LogP contribution in [0.15, 0.2) is 57.8 Å². The molecule has 0 saturated heterocycles. The van der Waals surface area contributed by atoms with Crippen LogP contribution in [0.2, 0.25) is 5.02 Å². The summed E-state index contributed by atoms with van der Waals surface area (Å²) in [5.74, 6) is 1.52. The van der Waals surface area contributed by atoms with Crippen molar-refractivity contribution in [3.63, 3.8) is 0 Å². The number of rotatable bonds is 10. The van der Waals surface area contributed by atoms with Crippen LogP contribution >= 0.6 is 11.6 Å². The van der Waals surface area contributed by atoms with E-state index in [0.717, 1.165) is 11.3 Å². The van der Waals surface area contributed by atoms with E-state index in [0.29, 0.717) is 48.4 Å². The molecule has 3 rings (SSSR count). The minimum absolute atomic E-state index is 0.149. The number of oxazole rings is 1. The van der Waals surface area contributed by atoms with Crippen molar-refractivity contribution in [3.8, 4) is 0 Å². The van der Waals surface area contributed by atoms with Gasteiger partial charge in [-0.05, 0) is 37.1 Å². The summed E-state index contributed by atoms with van der Waals surface area (Å²) >= 11 is 6.21. The standard InChI is InChI=1S/C24H30ClN3O3S/c1-5-13-28(16-19-9-7-6-8-10-19)32(29,30)23-14-20(25)11-12-21(23)26-15-22-18(4)27-24(31-22)17(2)3/h6-12,14,17,26H,5,13,15-16H2,1-4H3. The summed E-state index contributed by atoms with van der Waals surface area (Å²) in [7, 11) is -3.80. The fourth-order valence-electron chi connectivity index (χ4n) is 3.35. The molecule has 1 N–H and O–H groups in total. The number of benzene rings is 2. The molecule has 0 fully saturated rings. The van der Waals surface area contributed by atoms with Crippen molar-refractivity contribution >= 4 is 27.3 Å².